The zero-order chi connectivity index (χ0) is 21.8. The lowest BCUT2D eigenvalue weighted by molar-refractivity contribution is 0.0559. The molecule has 3 aromatic rings. The molecule has 7 heteroatoms. The van der Waals surface area contributed by atoms with Gasteiger partial charge in [0.05, 0.1) is 25.3 Å². The van der Waals surface area contributed by atoms with E-state index in [1.807, 2.05) is 12.1 Å². The van der Waals surface area contributed by atoms with E-state index in [-0.39, 0.29) is 12.6 Å². The lowest BCUT2D eigenvalue weighted by Crippen LogP contribution is -2.42. The minimum Gasteiger partial charge on any atom is -0.493 e. The summed E-state index contributed by atoms with van der Waals surface area (Å²) in [6.45, 7) is 1.49. The van der Waals surface area contributed by atoms with E-state index in [2.05, 4.69) is 34.5 Å². The maximum absolute atomic E-state index is 10.7. The van der Waals surface area contributed by atoms with Gasteiger partial charge in [-0.25, -0.2) is 0 Å². The van der Waals surface area contributed by atoms with E-state index in [1.165, 1.54) is 16.0 Å². The Morgan fingerprint density at radius 2 is 1.87 bits per heavy atom. The second kappa shape index (κ2) is 9.92. The molecule has 2 unspecified atom stereocenters. The monoisotopic (exact) mass is 459 g/mol. The zero-order valence-electron chi connectivity index (χ0n) is 17.6. The minimum absolute atomic E-state index is 0.0403. The van der Waals surface area contributed by atoms with Gasteiger partial charge in [-0.15, -0.1) is 11.3 Å². The molecule has 1 aliphatic heterocycles. The number of benzene rings is 2. The first-order chi connectivity index (χ1) is 15.1. The smallest absolute Gasteiger partial charge is 0.161 e. The third-order valence-electron chi connectivity index (χ3n) is 5.50. The van der Waals surface area contributed by atoms with E-state index < -0.39 is 6.10 Å². The standard InChI is InChI=1S/C24H26ClNO4S/c1-28-21-12-16-9-10-26(14-17(27)15-30-20-7-4-3-6-19(20)25)24(23-8-5-11-31-23)18(16)13-22(21)29-2/h3-8,11-13,17,24,27H,9-10,14-15H2,1-2H3. The second-order valence-corrected chi connectivity index (χ2v) is 8.85. The van der Waals surface area contributed by atoms with Gasteiger partial charge in [-0.2, -0.15) is 0 Å². The van der Waals surface area contributed by atoms with Crippen molar-refractivity contribution in [2.24, 2.45) is 0 Å². The number of fused-ring (bicyclic) bond motifs is 1. The number of halogens is 1. The van der Waals surface area contributed by atoms with Crippen molar-refractivity contribution in [3.05, 3.63) is 74.9 Å². The number of thiophene rings is 1. The quantitative estimate of drug-likeness (QED) is 0.524. The van der Waals surface area contributed by atoms with Crippen LogP contribution in [-0.2, 0) is 6.42 Å². The molecule has 5 nitrogen and oxygen atoms in total. The molecule has 31 heavy (non-hydrogen) atoms. The summed E-state index contributed by atoms with van der Waals surface area (Å²) in [6, 6.07) is 15.7. The Bertz CT molecular complexity index is 1010. The van der Waals surface area contributed by atoms with Crippen LogP contribution in [0.3, 0.4) is 0 Å². The molecule has 0 bridgehead atoms. The molecule has 2 aromatic carbocycles. The van der Waals surface area contributed by atoms with Crippen molar-refractivity contribution in [3.8, 4) is 17.2 Å². The first-order valence-corrected chi connectivity index (χ1v) is 11.4. The highest BCUT2D eigenvalue weighted by Crippen LogP contribution is 2.42. The molecule has 164 valence electrons. The molecular formula is C24H26ClNO4S. The fourth-order valence-electron chi connectivity index (χ4n) is 4.05. The van der Waals surface area contributed by atoms with E-state index in [0.717, 1.165) is 18.7 Å². The summed E-state index contributed by atoms with van der Waals surface area (Å²) >= 11 is 7.88. The Morgan fingerprint density at radius 1 is 1.10 bits per heavy atom. The summed E-state index contributed by atoms with van der Waals surface area (Å²) in [5.41, 5.74) is 2.43. The molecule has 0 saturated carbocycles. The van der Waals surface area contributed by atoms with Crippen LogP contribution in [-0.4, -0.2) is 50.0 Å². The Labute approximate surface area is 191 Å². The number of β-amino-alcohol motifs (C(OH)–C–C–N with tert-alkyl or cyclic N) is 1. The normalized spacial score (nSPS) is 17.1. The van der Waals surface area contributed by atoms with Crippen molar-refractivity contribution < 1.29 is 19.3 Å². The van der Waals surface area contributed by atoms with Crippen molar-refractivity contribution in [2.45, 2.75) is 18.6 Å². The van der Waals surface area contributed by atoms with Gasteiger partial charge in [0.1, 0.15) is 18.5 Å². The Balaban J connectivity index is 1.56. The Hall–Kier alpha value is -2.25. The zero-order valence-corrected chi connectivity index (χ0v) is 19.2. The van der Waals surface area contributed by atoms with Crippen molar-refractivity contribution in [2.75, 3.05) is 33.9 Å². The lowest BCUT2D eigenvalue weighted by atomic mass is 9.90. The Kier molecular flexibility index (Phi) is 7.02. The van der Waals surface area contributed by atoms with Gasteiger partial charge in [0.15, 0.2) is 11.5 Å². The summed E-state index contributed by atoms with van der Waals surface area (Å²) in [7, 11) is 3.31. The number of para-hydroxylation sites is 1. The van der Waals surface area contributed by atoms with Crippen LogP contribution in [0, 0.1) is 0 Å². The number of ether oxygens (including phenoxy) is 3. The molecule has 4 rings (SSSR count). The maximum atomic E-state index is 10.7. The van der Waals surface area contributed by atoms with Crippen LogP contribution in [0.2, 0.25) is 5.02 Å². The van der Waals surface area contributed by atoms with Crippen molar-refractivity contribution in [1.29, 1.82) is 0 Å². The van der Waals surface area contributed by atoms with Gasteiger partial charge in [-0.05, 0) is 53.3 Å². The molecule has 0 aliphatic carbocycles. The molecule has 0 saturated heterocycles. The van der Waals surface area contributed by atoms with Crippen molar-refractivity contribution in [1.82, 2.24) is 4.90 Å². The van der Waals surface area contributed by atoms with Gasteiger partial charge in [0.25, 0.3) is 0 Å². The first-order valence-electron chi connectivity index (χ1n) is 10.2. The summed E-state index contributed by atoms with van der Waals surface area (Å²) in [6.07, 6.45) is 0.218. The van der Waals surface area contributed by atoms with Crippen LogP contribution < -0.4 is 14.2 Å². The highest BCUT2D eigenvalue weighted by Gasteiger charge is 2.32. The number of hydrogen-bond donors (Lipinski definition) is 1. The predicted molar refractivity (Wildman–Crippen MR) is 124 cm³/mol. The molecule has 1 aromatic heterocycles. The van der Waals surface area contributed by atoms with Crippen LogP contribution in [0.4, 0.5) is 0 Å². The van der Waals surface area contributed by atoms with E-state index >= 15 is 0 Å². The average Bonchev–Trinajstić information content (AvgIpc) is 3.31. The minimum atomic E-state index is -0.652. The molecule has 2 heterocycles. The highest BCUT2D eigenvalue weighted by atomic mass is 35.5. The fraction of sp³-hybridized carbons (Fsp3) is 0.333. The topological polar surface area (TPSA) is 51.2 Å². The molecule has 2 atom stereocenters. The second-order valence-electron chi connectivity index (χ2n) is 7.46. The van der Waals surface area contributed by atoms with Crippen molar-refractivity contribution in [3.63, 3.8) is 0 Å². The third-order valence-corrected chi connectivity index (χ3v) is 6.74. The largest absolute Gasteiger partial charge is 0.493 e. The van der Waals surface area contributed by atoms with Crippen LogP contribution in [0.15, 0.2) is 53.9 Å². The summed E-state index contributed by atoms with van der Waals surface area (Å²) in [4.78, 5) is 3.54. The van der Waals surface area contributed by atoms with Gasteiger partial charge in [0, 0.05) is 18.0 Å². The van der Waals surface area contributed by atoms with Crippen LogP contribution in [0.25, 0.3) is 0 Å². The van der Waals surface area contributed by atoms with Crippen LogP contribution in [0.5, 0.6) is 17.2 Å². The number of aliphatic hydroxyl groups is 1. The van der Waals surface area contributed by atoms with E-state index in [4.69, 9.17) is 25.8 Å². The molecule has 1 aliphatic rings. The molecule has 0 radical (unpaired) electrons. The van der Waals surface area contributed by atoms with E-state index in [1.54, 1.807) is 37.7 Å². The highest BCUT2D eigenvalue weighted by molar-refractivity contribution is 7.10. The molecule has 1 N–H and O–H groups in total. The fourth-order valence-corrected chi connectivity index (χ4v) is 5.11. The van der Waals surface area contributed by atoms with E-state index in [0.29, 0.717) is 23.1 Å². The summed E-state index contributed by atoms with van der Waals surface area (Å²) in [5, 5.41) is 13.4. The van der Waals surface area contributed by atoms with Crippen LogP contribution >= 0.6 is 22.9 Å². The van der Waals surface area contributed by atoms with Gasteiger partial charge < -0.3 is 19.3 Å². The number of hydrogen-bond acceptors (Lipinski definition) is 6. The maximum Gasteiger partial charge on any atom is 0.161 e. The molecule has 0 amide bonds. The number of methoxy groups -OCH3 is 2. The summed E-state index contributed by atoms with van der Waals surface area (Å²) in [5.74, 6) is 2.04. The SMILES string of the molecule is COc1cc2c(cc1OC)C(c1cccs1)N(CC(O)COc1ccccc1Cl)CC2. The third kappa shape index (κ3) is 4.83. The molecule has 0 spiro atoms. The number of aliphatic hydroxyl groups excluding tert-OH is 1. The first kappa shape index (κ1) is 22.0. The van der Waals surface area contributed by atoms with Gasteiger partial charge >= 0.3 is 0 Å². The van der Waals surface area contributed by atoms with Crippen molar-refractivity contribution >= 4 is 22.9 Å². The average molecular weight is 460 g/mol. The summed E-state index contributed by atoms with van der Waals surface area (Å²) < 4.78 is 16.8. The molecular weight excluding hydrogens is 434 g/mol. The Morgan fingerprint density at radius 3 is 2.58 bits per heavy atom. The van der Waals surface area contributed by atoms with Gasteiger partial charge in [-0.3, -0.25) is 4.90 Å². The van der Waals surface area contributed by atoms with E-state index in [9.17, 15) is 5.11 Å². The predicted octanol–water partition coefficient (Wildman–Crippen LogP) is 4.81. The number of nitrogens with zero attached hydrogens (tertiary/aromatic N) is 1. The van der Waals surface area contributed by atoms with Gasteiger partial charge in [-0.1, -0.05) is 29.8 Å². The molecule has 0 fully saturated rings. The lowest BCUT2D eigenvalue weighted by Gasteiger charge is -2.38. The van der Waals surface area contributed by atoms with Gasteiger partial charge in [0.2, 0.25) is 0 Å². The van der Waals surface area contributed by atoms with Crippen LogP contribution in [0.1, 0.15) is 22.0 Å². The number of rotatable bonds is 8.